The summed E-state index contributed by atoms with van der Waals surface area (Å²) in [7, 11) is 3.26. The predicted octanol–water partition coefficient (Wildman–Crippen LogP) is 2.83. The van der Waals surface area contributed by atoms with Gasteiger partial charge in [0.1, 0.15) is 0 Å². The highest BCUT2D eigenvalue weighted by molar-refractivity contribution is 5.80. The van der Waals surface area contributed by atoms with Crippen LogP contribution in [-0.2, 0) is 13.0 Å². The lowest BCUT2D eigenvalue weighted by Gasteiger charge is -2.10. The van der Waals surface area contributed by atoms with E-state index in [1.807, 2.05) is 36.4 Å². The van der Waals surface area contributed by atoms with Crippen LogP contribution in [0.4, 0.5) is 0 Å². The van der Waals surface area contributed by atoms with Gasteiger partial charge in [0.15, 0.2) is 17.5 Å². The molecule has 1 heterocycles. The zero-order chi connectivity index (χ0) is 18.4. The molecule has 0 aliphatic rings. The van der Waals surface area contributed by atoms with Gasteiger partial charge in [0.2, 0.25) is 0 Å². The van der Waals surface area contributed by atoms with Crippen molar-refractivity contribution in [2.45, 2.75) is 13.0 Å². The van der Waals surface area contributed by atoms with E-state index < -0.39 is 0 Å². The molecule has 0 spiro atoms. The number of nitrogens with two attached hydrogens (primary N) is 1. The minimum Gasteiger partial charge on any atom is -0.493 e. The smallest absolute Gasteiger partial charge is 0.188 e. The number of methoxy groups -OCH3 is 2. The molecule has 0 amide bonds. The molecular weight excluding hydrogens is 328 g/mol. The summed E-state index contributed by atoms with van der Waals surface area (Å²) in [6.07, 6.45) is 0.808. The molecule has 0 aliphatic heterocycles. The molecule has 0 saturated heterocycles. The molecular formula is C20H24N4O2. The molecule has 3 aromatic rings. The lowest BCUT2D eigenvalue weighted by Crippen LogP contribution is -2.33. The average molecular weight is 352 g/mol. The first kappa shape index (κ1) is 17.7. The van der Waals surface area contributed by atoms with Crippen LogP contribution < -0.4 is 20.5 Å². The maximum absolute atomic E-state index is 5.96. The molecule has 1 aromatic heterocycles. The molecule has 0 atom stereocenters. The van der Waals surface area contributed by atoms with E-state index >= 15 is 0 Å². The Hall–Kier alpha value is -3.15. The van der Waals surface area contributed by atoms with E-state index in [0.29, 0.717) is 19.0 Å². The van der Waals surface area contributed by atoms with Gasteiger partial charge in [-0.25, -0.2) is 4.99 Å². The minimum absolute atomic E-state index is 0.434. The van der Waals surface area contributed by atoms with Crippen molar-refractivity contribution in [3.8, 4) is 11.5 Å². The Morgan fingerprint density at radius 1 is 1.08 bits per heavy atom. The number of aliphatic imine (C=N–C) groups is 1. The van der Waals surface area contributed by atoms with Gasteiger partial charge in [-0.3, -0.25) is 0 Å². The highest BCUT2D eigenvalue weighted by Crippen LogP contribution is 2.27. The number of hydrogen-bond donors (Lipinski definition) is 3. The van der Waals surface area contributed by atoms with Crippen LogP contribution in [0.1, 0.15) is 11.3 Å². The van der Waals surface area contributed by atoms with Gasteiger partial charge in [0.25, 0.3) is 0 Å². The predicted molar refractivity (Wildman–Crippen MR) is 105 cm³/mol. The van der Waals surface area contributed by atoms with Crippen LogP contribution in [0.2, 0.25) is 0 Å². The first-order valence-corrected chi connectivity index (χ1v) is 8.51. The van der Waals surface area contributed by atoms with Gasteiger partial charge in [-0.05, 0) is 41.6 Å². The Balaban J connectivity index is 1.52. The van der Waals surface area contributed by atoms with Crippen molar-refractivity contribution in [1.82, 2.24) is 10.3 Å². The number of fused-ring (bicyclic) bond motifs is 1. The monoisotopic (exact) mass is 352 g/mol. The van der Waals surface area contributed by atoms with Crippen molar-refractivity contribution < 1.29 is 9.47 Å². The Morgan fingerprint density at radius 3 is 2.65 bits per heavy atom. The van der Waals surface area contributed by atoms with E-state index in [9.17, 15) is 0 Å². The average Bonchev–Trinajstić information content (AvgIpc) is 3.09. The fourth-order valence-electron chi connectivity index (χ4n) is 2.82. The third-order valence-corrected chi connectivity index (χ3v) is 4.17. The summed E-state index contributed by atoms with van der Waals surface area (Å²) >= 11 is 0. The third-order valence-electron chi connectivity index (χ3n) is 4.17. The SMILES string of the molecule is COc1ccc(CCNC(N)=NCc2cc3ccccc3[nH]2)cc1OC. The van der Waals surface area contributed by atoms with Crippen LogP contribution in [0.25, 0.3) is 10.9 Å². The topological polar surface area (TPSA) is 84.7 Å². The first-order valence-electron chi connectivity index (χ1n) is 8.51. The van der Waals surface area contributed by atoms with Crippen molar-refractivity contribution in [2.24, 2.45) is 10.7 Å². The van der Waals surface area contributed by atoms with Crippen LogP contribution in [0.15, 0.2) is 53.5 Å². The summed E-state index contributed by atoms with van der Waals surface area (Å²) in [5, 5.41) is 4.32. The van der Waals surface area contributed by atoms with Gasteiger partial charge in [-0.1, -0.05) is 24.3 Å². The zero-order valence-corrected chi connectivity index (χ0v) is 15.1. The highest BCUT2D eigenvalue weighted by Gasteiger charge is 2.04. The second-order valence-corrected chi connectivity index (χ2v) is 5.95. The Kier molecular flexibility index (Phi) is 5.63. The molecule has 0 radical (unpaired) electrons. The van der Waals surface area contributed by atoms with Crippen molar-refractivity contribution in [3.05, 3.63) is 59.8 Å². The molecule has 0 unspecified atom stereocenters. The van der Waals surface area contributed by atoms with Crippen molar-refractivity contribution in [3.63, 3.8) is 0 Å². The number of benzene rings is 2. The molecule has 0 aliphatic carbocycles. The number of nitrogens with zero attached hydrogens (tertiary/aromatic N) is 1. The number of guanidine groups is 1. The highest BCUT2D eigenvalue weighted by atomic mass is 16.5. The number of rotatable bonds is 7. The molecule has 0 saturated carbocycles. The number of nitrogens with one attached hydrogen (secondary N) is 2. The number of H-pyrrole nitrogens is 1. The molecule has 26 heavy (non-hydrogen) atoms. The van der Waals surface area contributed by atoms with Gasteiger partial charge in [-0.2, -0.15) is 0 Å². The van der Waals surface area contributed by atoms with E-state index in [1.54, 1.807) is 14.2 Å². The molecule has 6 nitrogen and oxygen atoms in total. The van der Waals surface area contributed by atoms with Crippen LogP contribution in [0.5, 0.6) is 11.5 Å². The van der Waals surface area contributed by atoms with E-state index in [2.05, 4.69) is 27.4 Å². The number of hydrogen-bond acceptors (Lipinski definition) is 3. The van der Waals surface area contributed by atoms with Crippen molar-refractivity contribution >= 4 is 16.9 Å². The fourth-order valence-corrected chi connectivity index (χ4v) is 2.82. The van der Waals surface area contributed by atoms with E-state index in [1.165, 1.54) is 5.39 Å². The van der Waals surface area contributed by atoms with E-state index in [0.717, 1.165) is 34.7 Å². The Morgan fingerprint density at radius 2 is 1.88 bits per heavy atom. The summed E-state index contributed by atoms with van der Waals surface area (Å²) in [4.78, 5) is 7.73. The van der Waals surface area contributed by atoms with E-state index in [-0.39, 0.29) is 0 Å². The fraction of sp³-hybridized carbons (Fsp3) is 0.250. The largest absolute Gasteiger partial charge is 0.493 e. The molecule has 0 fully saturated rings. The second kappa shape index (κ2) is 8.29. The lowest BCUT2D eigenvalue weighted by atomic mass is 10.1. The van der Waals surface area contributed by atoms with Crippen LogP contribution in [-0.4, -0.2) is 31.7 Å². The van der Waals surface area contributed by atoms with Gasteiger partial charge < -0.3 is 25.5 Å². The summed E-state index contributed by atoms with van der Waals surface area (Å²) in [6.45, 7) is 1.21. The van der Waals surface area contributed by atoms with Gasteiger partial charge in [0.05, 0.1) is 20.8 Å². The number of para-hydroxylation sites is 1. The number of aromatic nitrogens is 1. The summed E-state index contributed by atoms with van der Waals surface area (Å²) in [6, 6.07) is 16.1. The molecule has 6 heteroatoms. The maximum atomic E-state index is 5.96. The van der Waals surface area contributed by atoms with Gasteiger partial charge in [-0.15, -0.1) is 0 Å². The van der Waals surface area contributed by atoms with Gasteiger partial charge in [0, 0.05) is 17.8 Å². The van der Waals surface area contributed by atoms with Crippen LogP contribution >= 0.6 is 0 Å². The Labute approximate surface area is 153 Å². The lowest BCUT2D eigenvalue weighted by molar-refractivity contribution is 0.354. The normalized spacial score (nSPS) is 11.5. The minimum atomic E-state index is 0.434. The van der Waals surface area contributed by atoms with Crippen LogP contribution in [0, 0.1) is 0 Å². The third kappa shape index (κ3) is 4.27. The molecule has 0 bridgehead atoms. The quantitative estimate of drug-likeness (QED) is 0.451. The Bertz CT molecular complexity index is 869. The summed E-state index contributed by atoms with van der Waals surface area (Å²) < 4.78 is 10.6. The summed E-state index contributed by atoms with van der Waals surface area (Å²) in [5.74, 6) is 1.89. The van der Waals surface area contributed by atoms with E-state index in [4.69, 9.17) is 15.2 Å². The molecule has 2 aromatic carbocycles. The molecule has 3 rings (SSSR count). The second-order valence-electron chi connectivity index (χ2n) is 5.95. The zero-order valence-electron chi connectivity index (χ0n) is 15.1. The van der Waals surface area contributed by atoms with Crippen molar-refractivity contribution in [1.29, 1.82) is 0 Å². The van der Waals surface area contributed by atoms with Crippen molar-refractivity contribution in [2.75, 3.05) is 20.8 Å². The molecule has 136 valence electrons. The summed E-state index contributed by atoms with van der Waals surface area (Å²) in [5.41, 5.74) is 9.25. The van der Waals surface area contributed by atoms with Gasteiger partial charge >= 0.3 is 0 Å². The number of ether oxygens (including phenoxy) is 2. The number of aromatic amines is 1. The molecule has 4 N–H and O–H groups in total. The maximum Gasteiger partial charge on any atom is 0.188 e. The van der Waals surface area contributed by atoms with Crippen LogP contribution in [0.3, 0.4) is 0 Å². The standard InChI is InChI=1S/C20H24N4O2/c1-25-18-8-7-14(11-19(18)26-2)9-10-22-20(21)23-13-16-12-15-5-3-4-6-17(15)24-16/h3-8,11-12,24H,9-10,13H2,1-2H3,(H3,21,22,23). The first-order chi connectivity index (χ1) is 12.7.